The second kappa shape index (κ2) is 8.57. The molecule has 4 heterocycles. The van der Waals surface area contributed by atoms with Gasteiger partial charge in [0.05, 0.1) is 66.8 Å². The number of carbonyl (C=O) groups excluding carboxylic acids is 1. The topological polar surface area (TPSA) is 92.1 Å². The van der Waals surface area contributed by atoms with E-state index in [-0.39, 0.29) is 5.97 Å². The van der Waals surface area contributed by atoms with Crippen LogP contribution in [0.1, 0.15) is 46.6 Å². The first-order valence-electron chi connectivity index (χ1n) is 10.9. The van der Waals surface area contributed by atoms with Crippen molar-refractivity contribution < 1.29 is 9.53 Å². The first kappa shape index (κ1) is 21.7. The number of aromatic nitrogens is 7. The Hall–Kier alpha value is -3.49. The molecule has 0 spiro atoms. The summed E-state index contributed by atoms with van der Waals surface area (Å²) in [5.74, 6) is -0.276. The molecule has 4 aromatic rings. The van der Waals surface area contributed by atoms with Crippen LogP contribution in [0.2, 0.25) is 0 Å². The fraction of sp³-hybridized carbons (Fsp3) is 0.435. The predicted octanol–water partition coefficient (Wildman–Crippen LogP) is 4.02. The largest absolute Gasteiger partial charge is 0.469 e. The molecule has 0 fully saturated rings. The van der Waals surface area contributed by atoms with Crippen molar-refractivity contribution >= 4 is 11.5 Å². The van der Waals surface area contributed by atoms with Crippen LogP contribution in [0.15, 0.2) is 43.2 Å². The second-order valence-corrected chi connectivity index (χ2v) is 8.62. The van der Waals surface area contributed by atoms with Crippen molar-refractivity contribution in [2.45, 2.75) is 53.1 Å². The number of hydrogen-bond acceptors (Lipinski definition) is 6. The molecule has 0 aliphatic heterocycles. The van der Waals surface area contributed by atoms with E-state index in [2.05, 4.69) is 35.3 Å². The van der Waals surface area contributed by atoms with Gasteiger partial charge in [0, 0.05) is 23.5 Å². The van der Waals surface area contributed by atoms with Crippen molar-refractivity contribution in [3.63, 3.8) is 0 Å². The highest BCUT2D eigenvalue weighted by Gasteiger charge is 2.29. The lowest BCUT2D eigenvalue weighted by Crippen LogP contribution is -2.30. The van der Waals surface area contributed by atoms with E-state index in [0.29, 0.717) is 12.6 Å². The number of fused-ring (bicyclic) bond motifs is 1. The zero-order valence-electron chi connectivity index (χ0n) is 19.2. The Bertz CT molecular complexity index is 1230. The van der Waals surface area contributed by atoms with Gasteiger partial charge in [-0.25, -0.2) is 9.50 Å². The maximum absolute atomic E-state index is 12.0. The van der Waals surface area contributed by atoms with Gasteiger partial charge in [0.2, 0.25) is 0 Å². The van der Waals surface area contributed by atoms with Crippen LogP contribution < -0.4 is 0 Å². The third-order valence-corrected chi connectivity index (χ3v) is 5.81. The highest BCUT2D eigenvalue weighted by molar-refractivity contribution is 5.78. The number of carbonyl (C=O) groups is 1. The highest BCUT2D eigenvalue weighted by atomic mass is 16.5. The molecule has 0 amide bonds. The Morgan fingerprint density at radius 3 is 2.53 bits per heavy atom. The Labute approximate surface area is 187 Å². The SMILES string of the molecule is CCC(CC)n1cc(-c2nc(-c3cnn(CC(C)(C)C(=O)OC)c3)cn3nccc23)cn1. The number of rotatable bonds is 8. The van der Waals surface area contributed by atoms with Gasteiger partial charge in [0.1, 0.15) is 0 Å². The van der Waals surface area contributed by atoms with Gasteiger partial charge >= 0.3 is 5.97 Å². The van der Waals surface area contributed by atoms with Crippen LogP contribution in [0.3, 0.4) is 0 Å². The number of ether oxygens (including phenoxy) is 1. The van der Waals surface area contributed by atoms with E-state index < -0.39 is 5.41 Å². The van der Waals surface area contributed by atoms with Gasteiger partial charge in [-0.2, -0.15) is 15.3 Å². The van der Waals surface area contributed by atoms with E-state index in [1.54, 1.807) is 17.1 Å². The van der Waals surface area contributed by atoms with Crippen molar-refractivity contribution in [3.05, 3.63) is 43.2 Å². The zero-order chi connectivity index (χ0) is 22.9. The molecule has 168 valence electrons. The molecule has 0 atom stereocenters. The molecule has 0 aromatic carbocycles. The minimum absolute atomic E-state index is 0.276. The van der Waals surface area contributed by atoms with Crippen LogP contribution in [0, 0.1) is 5.41 Å². The van der Waals surface area contributed by atoms with Crippen molar-refractivity contribution in [1.29, 1.82) is 0 Å². The lowest BCUT2D eigenvalue weighted by molar-refractivity contribution is -0.151. The summed E-state index contributed by atoms with van der Waals surface area (Å²) in [5.41, 5.74) is 3.58. The molecule has 9 heteroatoms. The maximum Gasteiger partial charge on any atom is 0.313 e. The van der Waals surface area contributed by atoms with Crippen LogP contribution in [-0.4, -0.2) is 47.2 Å². The first-order chi connectivity index (χ1) is 15.4. The minimum Gasteiger partial charge on any atom is -0.469 e. The standard InChI is InChI=1S/C23H29N7O2/c1-6-18(7-2)29-13-17(11-26-29)21-20-8-9-24-30(20)14-19(27-21)16-10-25-28(12-16)15-23(3,4)22(31)32-5/h8-14,18H,6-7,15H2,1-5H3. The van der Waals surface area contributed by atoms with Crippen LogP contribution in [0.4, 0.5) is 0 Å². The summed E-state index contributed by atoms with van der Waals surface area (Å²) < 4.78 is 10.5. The molecule has 4 rings (SSSR count). The Balaban J connectivity index is 1.70. The summed E-state index contributed by atoms with van der Waals surface area (Å²) in [7, 11) is 1.40. The van der Waals surface area contributed by atoms with Crippen LogP contribution >= 0.6 is 0 Å². The van der Waals surface area contributed by atoms with E-state index in [1.165, 1.54) is 7.11 Å². The third-order valence-electron chi connectivity index (χ3n) is 5.81. The average molecular weight is 436 g/mol. The van der Waals surface area contributed by atoms with E-state index in [1.807, 2.05) is 47.7 Å². The molecule has 0 aliphatic rings. The molecule has 32 heavy (non-hydrogen) atoms. The summed E-state index contributed by atoms with van der Waals surface area (Å²) in [6, 6.07) is 2.31. The van der Waals surface area contributed by atoms with Gasteiger partial charge in [-0.15, -0.1) is 0 Å². The van der Waals surface area contributed by atoms with E-state index >= 15 is 0 Å². The summed E-state index contributed by atoms with van der Waals surface area (Å²) >= 11 is 0. The predicted molar refractivity (Wildman–Crippen MR) is 121 cm³/mol. The van der Waals surface area contributed by atoms with Gasteiger partial charge in [0.15, 0.2) is 0 Å². The van der Waals surface area contributed by atoms with Gasteiger partial charge in [0.25, 0.3) is 0 Å². The summed E-state index contributed by atoms with van der Waals surface area (Å²) in [6.07, 6.45) is 13.2. The van der Waals surface area contributed by atoms with Gasteiger partial charge < -0.3 is 4.74 Å². The van der Waals surface area contributed by atoms with E-state index in [4.69, 9.17) is 9.72 Å². The van der Waals surface area contributed by atoms with Crippen molar-refractivity contribution in [1.82, 2.24) is 34.2 Å². The molecule has 0 radical (unpaired) electrons. The van der Waals surface area contributed by atoms with E-state index in [9.17, 15) is 4.79 Å². The number of nitrogens with zero attached hydrogens (tertiary/aromatic N) is 7. The highest BCUT2D eigenvalue weighted by Crippen LogP contribution is 2.28. The third kappa shape index (κ3) is 4.02. The smallest absolute Gasteiger partial charge is 0.313 e. The summed E-state index contributed by atoms with van der Waals surface area (Å²) in [5, 5.41) is 13.4. The Morgan fingerprint density at radius 2 is 1.81 bits per heavy atom. The minimum atomic E-state index is -0.688. The second-order valence-electron chi connectivity index (χ2n) is 8.62. The van der Waals surface area contributed by atoms with Crippen molar-refractivity contribution in [3.8, 4) is 22.5 Å². The van der Waals surface area contributed by atoms with Gasteiger partial charge in [-0.1, -0.05) is 13.8 Å². The molecule has 0 unspecified atom stereocenters. The average Bonchev–Trinajstić information content (AvgIpc) is 3.53. The van der Waals surface area contributed by atoms with Crippen molar-refractivity contribution in [2.24, 2.45) is 5.41 Å². The summed E-state index contributed by atoms with van der Waals surface area (Å²) in [4.78, 5) is 17.0. The monoisotopic (exact) mass is 435 g/mol. The molecule has 0 saturated carbocycles. The quantitative estimate of drug-likeness (QED) is 0.388. The molecule has 0 aliphatic carbocycles. The zero-order valence-corrected chi connectivity index (χ0v) is 19.2. The number of esters is 1. The molecular weight excluding hydrogens is 406 g/mol. The lowest BCUT2D eigenvalue weighted by atomic mass is 9.94. The fourth-order valence-corrected chi connectivity index (χ4v) is 3.93. The maximum atomic E-state index is 12.0. The van der Waals surface area contributed by atoms with Crippen LogP contribution in [-0.2, 0) is 16.1 Å². The number of methoxy groups -OCH3 is 1. The van der Waals surface area contributed by atoms with E-state index in [0.717, 1.165) is 40.9 Å². The lowest BCUT2D eigenvalue weighted by Gasteiger charge is -2.20. The van der Waals surface area contributed by atoms with Crippen LogP contribution in [0.25, 0.3) is 28.0 Å². The fourth-order valence-electron chi connectivity index (χ4n) is 3.93. The van der Waals surface area contributed by atoms with Gasteiger partial charge in [-0.3, -0.25) is 14.2 Å². The molecule has 9 nitrogen and oxygen atoms in total. The molecule has 0 saturated heterocycles. The molecule has 0 bridgehead atoms. The molecular formula is C23H29N7O2. The summed E-state index contributed by atoms with van der Waals surface area (Å²) in [6.45, 7) is 8.41. The normalized spacial score (nSPS) is 12.1. The van der Waals surface area contributed by atoms with Crippen LogP contribution in [0.5, 0.6) is 0 Å². The molecule has 4 aromatic heterocycles. The molecule has 0 N–H and O–H groups in total. The Kier molecular flexibility index (Phi) is 5.82. The Morgan fingerprint density at radius 1 is 1.06 bits per heavy atom. The first-order valence-corrected chi connectivity index (χ1v) is 10.9. The van der Waals surface area contributed by atoms with Gasteiger partial charge in [-0.05, 0) is 32.8 Å². The van der Waals surface area contributed by atoms with Crippen molar-refractivity contribution in [2.75, 3.05) is 7.11 Å². The number of hydrogen-bond donors (Lipinski definition) is 0.